The number of nitrogens with one attached hydrogen (secondary N) is 1. The first-order valence-electron chi connectivity index (χ1n) is 8.01. The summed E-state index contributed by atoms with van der Waals surface area (Å²) in [4.78, 5) is 2.56. The summed E-state index contributed by atoms with van der Waals surface area (Å²) in [6, 6.07) is 0. The van der Waals surface area contributed by atoms with E-state index >= 15 is 0 Å². The Morgan fingerprint density at radius 1 is 1.40 bits per heavy atom. The monoisotopic (exact) mass is 279 g/mol. The highest BCUT2D eigenvalue weighted by Crippen LogP contribution is 2.23. The van der Waals surface area contributed by atoms with Gasteiger partial charge in [0.25, 0.3) is 0 Å². The van der Waals surface area contributed by atoms with Gasteiger partial charge >= 0.3 is 0 Å². The first-order valence-corrected chi connectivity index (χ1v) is 8.01. The molecule has 0 amide bonds. The fourth-order valence-electron chi connectivity index (χ4n) is 2.78. The minimum absolute atomic E-state index is 0.808. The Labute approximate surface area is 122 Å². The molecule has 0 bridgehead atoms. The van der Waals surface area contributed by atoms with Crippen LogP contribution >= 0.6 is 0 Å². The van der Waals surface area contributed by atoms with E-state index in [4.69, 9.17) is 0 Å². The molecule has 20 heavy (non-hydrogen) atoms. The predicted molar refractivity (Wildman–Crippen MR) is 81.4 cm³/mol. The minimum atomic E-state index is 0.808. The van der Waals surface area contributed by atoms with Gasteiger partial charge in [-0.05, 0) is 37.8 Å². The third-order valence-electron chi connectivity index (χ3n) is 4.22. The molecule has 1 aromatic heterocycles. The van der Waals surface area contributed by atoms with Crippen molar-refractivity contribution in [1.29, 1.82) is 0 Å². The quantitative estimate of drug-likeness (QED) is 0.737. The molecule has 0 aromatic carbocycles. The third-order valence-corrected chi connectivity index (χ3v) is 4.22. The molecule has 0 spiro atoms. The lowest BCUT2D eigenvalue weighted by Gasteiger charge is -2.17. The fraction of sp³-hybridized carbons (Fsp3) is 0.867. The lowest BCUT2D eigenvalue weighted by molar-refractivity contribution is 0.286. The SMILES string of the molecule is CCCNCc1cn(CCN2CCC(C(C)C)C2)nn1. The van der Waals surface area contributed by atoms with Crippen molar-refractivity contribution in [3.63, 3.8) is 0 Å². The molecule has 0 radical (unpaired) electrons. The first-order chi connectivity index (χ1) is 9.69. The van der Waals surface area contributed by atoms with Gasteiger partial charge in [-0.1, -0.05) is 26.0 Å². The second-order valence-corrected chi connectivity index (χ2v) is 6.24. The van der Waals surface area contributed by atoms with Crippen LogP contribution in [0.15, 0.2) is 6.20 Å². The largest absolute Gasteiger partial charge is 0.311 e. The molecule has 0 aliphatic carbocycles. The summed E-state index contributed by atoms with van der Waals surface area (Å²) in [7, 11) is 0. The number of likely N-dealkylation sites (tertiary alicyclic amines) is 1. The van der Waals surface area contributed by atoms with Crippen molar-refractivity contribution in [3.05, 3.63) is 11.9 Å². The van der Waals surface area contributed by atoms with Crippen molar-refractivity contribution in [2.45, 2.75) is 46.7 Å². The Balaban J connectivity index is 1.69. The van der Waals surface area contributed by atoms with E-state index in [1.807, 2.05) is 4.68 Å². The zero-order chi connectivity index (χ0) is 14.4. The number of aromatic nitrogens is 3. The summed E-state index contributed by atoms with van der Waals surface area (Å²) in [6.07, 6.45) is 4.57. The molecule has 1 saturated heterocycles. The van der Waals surface area contributed by atoms with Crippen molar-refractivity contribution in [2.75, 3.05) is 26.2 Å². The van der Waals surface area contributed by atoms with Crippen LogP contribution in [0.5, 0.6) is 0 Å². The van der Waals surface area contributed by atoms with Crippen LogP contribution in [0.4, 0.5) is 0 Å². The average Bonchev–Trinajstić information content (AvgIpc) is 3.05. The Morgan fingerprint density at radius 2 is 2.25 bits per heavy atom. The molecule has 1 fully saturated rings. The summed E-state index contributed by atoms with van der Waals surface area (Å²) in [5, 5.41) is 11.8. The standard InChI is InChI=1S/C15H29N5/c1-4-6-16-10-15-12-20(18-17-15)9-8-19-7-5-14(11-19)13(2)3/h12-14,16H,4-11H2,1-3H3. The van der Waals surface area contributed by atoms with Crippen molar-refractivity contribution >= 4 is 0 Å². The molecule has 5 heteroatoms. The van der Waals surface area contributed by atoms with Crippen LogP contribution in [0.1, 0.15) is 39.3 Å². The molecular formula is C15H29N5. The van der Waals surface area contributed by atoms with Crippen LogP contribution in [0.25, 0.3) is 0 Å². The van der Waals surface area contributed by atoms with Gasteiger partial charge in [0.1, 0.15) is 0 Å². The van der Waals surface area contributed by atoms with Gasteiger partial charge in [-0.2, -0.15) is 0 Å². The molecule has 1 aliphatic rings. The van der Waals surface area contributed by atoms with E-state index in [2.05, 4.69) is 47.5 Å². The minimum Gasteiger partial charge on any atom is -0.311 e. The van der Waals surface area contributed by atoms with Crippen molar-refractivity contribution in [2.24, 2.45) is 11.8 Å². The van der Waals surface area contributed by atoms with Gasteiger partial charge in [0.2, 0.25) is 0 Å². The van der Waals surface area contributed by atoms with Crippen LogP contribution in [0.3, 0.4) is 0 Å². The molecule has 1 N–H and O–H groups in total. The Morgan fingerprint density at radius 3 is 2.95 bits per heavy atom. The van der Waals surface area contributed by atoms with Gasteiger partial charge in [0, 0.05) is 25.8 Å². The maximum absolute atomic E-state index is 4.21. The van der Waals surface area contributed by atoms with Gasteiger partial charge in [-0.15, -0.1) is 5.10 Å². The number of hydrogen-bond donors (Lipinski definition) is 1. The van der Waals surface area contributed by atoms with E-state index in [1.165, 1.54) is 19.5 Å². The van der Waals surface area contributed by atoms with E-state index in [1.54, 1.807) is 0 Å². The lowest BCUT2D eigenvalue weighted by Crippen LogP contribution is -2.26. The summed E-state index contributed by atoms with van der Waals surface area (Å²) in [5.41, 5.74) is 1.04. The number of hydrogen-bond acceptors (Lipinski definition) is 4. The molecular weight excluding hydrogens is 250 g/mol. The van der Waals surface area contributed by atoms with Crippen molar-refractivity contribution in [1.82, 2.24) is 25.2 Å². The topological polar surface area (TPSA) is 46.0 Å². The first kappa shape index (κ1) is 15.4. The third kappa shape index (κ3) is 4.56. The summed E-state index contributed by atoms with van der Waals surface area (Å²) in [5.74, 6) is 1.68. The molecule has 5 nitrogen and oxygen atoms in total. The highest BCUT2D eigenvalue weighted by molar-refractivity contribution is 4.91. The molecule has 1 atom stereocenters. The van der Waals surface area contributed by atoms with Gasteiger partial charge in [0.05, 0.1) is 12.2 Å². The summed E-state index contributed by atoms with van der Waals surface area (Å²) in [6.45, 7) is 13.2. The summed E-state index contributed by atoms with van der Waals surface area (Å²) < 4.78 is 1.98. The molecule has 0 saturated carbocycles. The van der Waals surface area contributed by atoms with Crippen LogP contribution in [-0.4, -0.2) is 46.1 Å². The molecule has 2 rings (SSSR count). The van der Waals surface area contributed by atoms with Crippen molar-refractivity contribution in [3.8, 4) is 0 Å². The van der Waals surface area contributed by atoms with Crippen LogP contribution in [0, 0.1) is 11.8 Å². The molecule has 114 valence electrons. The van der Waals surface area contributed by atoms with Crippen LogP contribution in [0.2, 0.25) is 0 Å². The maximum atomic E-state index is 4.21. The second-order valence-electron chi connectivity index (χ2n) is 6.24. The van der Waals surface area contributed by atoms with E-state index in [9.17, 15) is 0 Å². The highest BCUT2D eigenvalue weighted by Gasteiger charge is 2.24. The van der Waals surface area contributed by atoms with Gasteiger partial charge in [-0.3, -0.25) is 4.68 Å². The van der Waals surface area contributed by atoms with Crippen LogP contribution in [-0.2, 0) is 13.1 Å². The smallest absolute Gasteiger partial charge is 0.0964 e. The Kier molecular flexibility index (Phi) is 5.98. The molecule has 1 aliphatic heterocycles. The average molecular weight is 279 g/mol. The van der Waals surface area contributed by atoms with E-state index < -0.39 is 0 Å². The molecule has 1 unspecified atom stereocenters. The second kappa shape index (κ2) is 7.74. The predicted octanol–water partition coefficient (Wildman–Crippen LogP) is 1.76. The Bertz CT molecular complexity index is 387. The van der Waals surface area contributed by atoms with E-state index in [0.717, 1.165) is 50.1 Å². The highest BCUT2D eigenvalue weighted by atomic mass is 15.4. The summed E-state index contributed by atoms with van der Waals surface area (Å²) >= 11 is 0. The maximum Gasteiger partial charge on any atom is 0.0964 e. The number of nitrogens with zero attached hydrogens (tertiary/aromatic N) is 4. The normalized spacial score (nSPS) is 20.1. The zero-order valence-corrected chi connectivity index (χ0v) is 13.2. The molecule has 1 aromatic rings. The zero-order valence-electron chi connectivity index (χ0n) is 13.2. The fourth-order valence-corrected chi connectivity index (χ4v) is 2.78. The lowest BCUT2D eigenvalue weighted by atomic mass is 9.95. The molecule has 2 heterocycles. The van der Waals surface area contributed by atoms with Gasteiger partial charge in [0.15, 0.2) is 0 Å². The van der Waals surface area contributed by atoms with Gasteiger partial charge < -0.3 is 10.2 Å². The van der Waals surface area contributed by atoms with E-state index in [0.29, 0.717) is 0 Å². The van der Waals surface area contributed by atoms with Crippen molar-refractivity contribution < 1.29 is 0 Å². The van der Waals surface area contributed by atoms with Gasteiger partial charge in [-0.25, -0.2) is 0 Å². The Hall–Kier alpha value is -0.940. The van der Waals surface area contributed by atoms with Crippen LogP contribution < -0.4 is 5.32 Å². The van der Waals surface area contributed by atoms with E-state index in [-0.39, 0.29) is 0 Å². The number of rotatable bonds is 8.